The smallest absolute Gasteiger partial charge is 0.273 e. The summed E-state index contributed by atoms with van der Waals surface area (Å²) < 4.78 is 5.66. The van der Waals surface area contributed by atoms with Crippen molar-refractivity contribution in [2.75, 3.05) is 0 Å². The van der Waals surface area contributed by atoms with Crippen LogP contribution in [0, 0.1) is 13.8 Å². The summed E-state index contributed by atoms with van der Waals surface area (Å²) in [7, 11) is 0. The van der Waals surface area contributed by atoms with Gasteiger partial charge in [0, 0.05) is 0 Å². The van der Waals surface area contributed by atoms with Crippen LogP contribution in [0.1, 0.15) is 17.1 Å². The Labute approximate surface area is 142 Å². The van der Waals surface area contributed by atoms with Gasteiger partial charge in [-0.2, -0.15) is 0 Å². The van der Waals surface area contributed by atoms with Gasteiger partial charge in [0.15, 0.2) is 5.75 Å². The number of aromatic amines is 1. The van der Waals surface area contributed by atoms with Crippen LogP contribution in [0.4, 0.5) is 0 Å². The van der Waals surface area contributed by atoms with Crippen LogP contribution >= 0.6 is 23.2 Å². The number of nitrogens with one attached hydrogen (secondary N) is 1. The number of ether oxygens (including phenoxy) is 1. The lowest BCUT2D eigenvalue weighted by Crippen LogP contribution is -2.17. The molecule has 0 fully saturated rings. The Balaban J connectivity index is 1.96. The van der Waals surface area contributed by atoms with Gasteiger partial charge in [0.05, 0.1) is 22.4 Å². The van der Waals surface area contributed by atoms with Crippen molar-refractivity contribution < 1.29 is 4.74 Å². The Morgan fingerprint density at radius 1 is 1.09 bits per heavy atom. The van der Waals surface area contributed by atoms with E-state index < -0.39 is 0 Å². The molecule has 7 heteroatoms. The van der Waals surface area contributed by atoms with Crippen molar-refractivity contribution in [2.24, 2.45) is 0 Å². The first-order valence-corrected chi connectivity index (χ1v) is 7.66. The number of H-pyrrole nitrogens is 1. The number of pyridine rings is 1. The lowest BCUT2D eigenvalue weighted by atomic mass is 10.3. The molecule has 1 N–H and O–H groups in total. The number of fused-ring (bicyclic) bond motifs is 1. The highest BCUT2D eigenvalue weighted by atomic mass is 35.5. The molecule has 0 radical (unpaired) electrons. The molecular weight excluding hydrogens is 337 g/mol. The number of aromatic nitrogens is 3. The Kier molecular flexibility index (Phi) is 4.24. The Morgan fingerprint density at radius 2 is 1.74 bits per heavy atom. The highest BCUT2D eigenvalue weighted by Gasteiger charge is 2.15. The fraction of sp³-hybridized carbons (Fsp3) is 0.188. The van der Waals surface area contributed by atoms with Crippen LogP contribution in [0.25, 0.3) is 11.0 Å². The molecule has 0 bridgehead atoms. The molecule has 0 amide bonds. The van der Waals surface area contributed by atoms with Gasteiger partial charge in [-0.05, 0) is 26.0 Å². The summed E-state index contributed by atoms with van der Waals surface area (Å²) in [6, 6.07) is 7.28. The topological polar surface area (TPSA) is 67.9 Å². The quantitative estimate of drug-likeness (QED) is 0.780. The largest absolute Gasteiger partial charge is 0.484 e. The predicted octanol–water partition coefficient (Wildman–Crippen LogP) is 3.82. The van der Waals surface area contributed by atoms with E-state index in [4.69, 9.17) is 27.9 Å². The van der Waals surface area contributed by atoms with Crippen LogP contribution in [0.5, 0.6) is 5.75 Å². The second-order valence-corrected chi connectivity index (χ2v) is 5.81. The molecule has 0 saturated heterocycles. The lowest BCUT2D eigenvalue weighted by Gasteiger charge is -2.12. The van der Waals surface area contributed by atoms with E-state index in [0.717, 1.165) is 0 Å². The molecular formula is C16H13Cl2N3O2. The zero-order valence-corrected chi connectivity index (χ0v) is 14.0. The van der Waals surface area contributed by atoms with E-state index >= 15 is 0 Å². The fourth-order valence-electron chi connectivity index (χ4n) is 2.21. The monoisotopic (exact) mass is 349 g/mol. The fourth-order valence-corrected chi connectivity index (χ4v) is 2.64. The molecule has 118 valence electrons. The molecule has 3 rings (SSSR count). The van der Waals surface area contributed by atoms with E-state index in [9.17, 15) is 4.79 Å². The van der Waals surface area contributed by atoms with Gasteiger partial charge >= 0.3 is 0 Å². The zero-order chi connectivity index (χ0) is 16.6. The van der Waals surface area contributed by atoms with E-state index in [2.05, 4.69) is 15.0 Å². The summed E-state index contributed by atoms with van der Waals surface area (Å²) in [4.78, 5) is 23.4. The van der Waals surface area contributed by atoms with Crippen LogP contribution < -0.4 is 10.3 Å². The summed E-state index contributed by atoms with van der Waals surface area (Å²) in [6.07, 6.45) is 0. The molecule has 0 saturated carbocycles. The second-order valence-electron chi connectivity index (χ2n) is 5.06. The first kappa shape index (κ1) is 15.8. The first-order valence-electron chi connectivity index (χ1n) is 6.90. The van der Waals surface area contributed by atoms with Crippen molar-refractivity contribution >= 4 is 34.2 Å². The number of halogens is 2. The summed E-state index contributed by atoms with van der Waals surface area (Å²) in [6.45, 7) is 3.49. The van der Waals surface area contributed by atoms with Crippen molar-refractivity contribution in [3.63, 3.8) is 0 Å². The highest BCUT2D eigenvalue weighted by Crippen LogP contribution is 2.36. The molecule has 0 unspecified atom stereocenters. The summed E-state index contributed by atoms with van der Waals surface area (Å²) in [5.41, 5.74) is 2.53. The van der Waals surface area contributed by atoms with E-state index in [0.29, 0.717) is 38.2 Å². The molecule has 2 heterocycles. The zero-order valence-electron chi connectivity index (χ0n) is 12.5. The maximum atomic E-state index is 12.1. The van der Waals surface area contributed by atoms with Gasteiger partial charge in [-0.3, -0.25) is 9.78 Å². The van der Waals surface area contributed by atoms with Gasteiger partial charge in [-0.15, -0.1) is 0 Å². The molecule has 1 aromatic carbocycles. The molecule has 0 aliphatic carbocycles. The number of nitrogens with zero attached hydrogens (tertiary/aromatic N) is 2. The van der Waals surface area contributed by atoms with Crippen molar-refractivity contribution in [1.82, 2.24) is 15.0 Å². The van der Waals surface area contributed by atoms with E-state index in [1.807, 2.05) is 18.2 Å². The van der Waals surface area contributed by atoms with Crippen LogP contribution in [0.2, 0.25) is 10.0 Å². The maximum absolute atomic E-state index is 12.1. The van der Waals surface area contributed by atoms with Crippen molar-refractivity contribution in [2.45, 2.75) is 20.5 Å². The molecule has 2 aromatic heterocycles. The molecule has 0 aliphatic heterocycles. The summed E-state index contributed by atoms with van der Waals surface area (Å²) in [5, 5.41) is 0.663. The van der Waals surface area contributed by atoms with Crippen molar-refractivity contribution in [1.29, 1.82) is 0 Å². The van der Waals surface area contributed by atoms with Gasteiger partial charge in [-0.25, -0.2) is 4.98 Å². The normalized spacial score (nSPS) is 11.0. The Hall–Kier alpha value is -2.11. The minimum atomic E-state index is -0.307. The van der Waals surface area contributed by atoms with Gasteiger partial charge in [-0.1, -0.05) is 35.3 Å². The number of hydrogen-bond donors (Lipinski definition) is 1. The maximum Gasteiger partial charge on any atom is 0.273 e. The standard InChI is InChI=1S/C16H13Cl2N3O2/c1-8-13(17)15(14(18)9(2)19-8)23-7-12-16(22)21-11-6-4-3-5-10(11)20-12/h3-6H,7H2,1-2H3,(H,21,22). The Bertz CT molecular complexity index is 928. The molecule has 0 atom stereocenters. The third-order valence-corrected chi connectivity index (χ3v) is 4.28. The van der Waals surface area contributed by atoms with Gasteiger partial charge in [0.2, 0.25) is 0 Å². The predicted molar refractivity (Wildman–Crippen MR) is 90.4 cm³/mol. The second kappa shape index (κ2) is 6.18. The number of benzene rings is 1. The minimum absolute atomic E-state index is 0.0392. The van der Waals surface area contributed by atoms with Crippen molar-refractivity contribution in [3.05, 3.63) is 61.7 Å². The van der Waals surface area contributed by atoms with Gasteiger partial charge in [0.25, 0.3) is 5.56 Å². The average Bonchev–Trinajstić information content (AvgIpc) is 2.53. The van der Waals surface area contributed by atoms with Crippen LogP contribution in [-0.4, -0.2) is 15.0 Å². The lowest BCUT2D eigenvalue weighted by molar-refractivity contribution is 0.299. The minimum Gasteiger partial charge on any atom is -0.484 e. The Morgan fingerprint density at radius 3 is 2.43 bits per heavy atom. The highest BCUT2D eigenvalue weighted by molar-refractivity contribution is 6.37. The number of hydrogen-bond acceptors (Lipinski definition) is 4. The van der Waals surface area contributed by atoms with Crippen LogP contribution in [-0.2, 0) is 6.61 Å². The first-order chi connectivity index (χ1) is 11.0. The van der Waals surface area contributed by atoms with E-state index in [-0.39, 0.29) is 17.9 Å². The van der Waals surface area contributed by atoms with Crippen LogP contribution in [0.15, 0.2) is 29.1 Å². The summed E-state index contributed by atoms with van der Waals surface area (Å²) in [5.74, 6) is 0.313. The molecule has 5 nitrogen and oxygen atoms in total. The van der Waals surface area contributed by atoms with Crippen LogP contribution in [0.3, 0.4) is 0 Å². The molecule has 0 spiro atoms. The number of aryl methyl sites for hydroxylation is 2. The third-order valence-electron chi connectivity index (χ3n) is 3.39. The number of rotatable bonds is 3. The molecule has 0 aliphatic rings. The SMILES string of the molecule is Cc1nc(C)c(Cl)c(OCc2nc3ccccc3[nH]c2=O)c1Cl. The molecule has 23 heavy (non-hydrogen) atoms. The number of para-hydroxylation sites is 2. The average molecular weight is 350 g/mol. The van der Waals surface area contributed by atoms with E-state index in [1.54, 1.807) is 19.9 Å². The van der Waals surface area contributed by atoms with Gasteiger partial charge < -0.3 is 9.72 Å². The third kappa shape index (κ3) is 3.02. The van der Waals surface area contributed by atoms with E-state index in [1.165, 1.54) is 0 Å². The molecule has 3 aromatic rings. The summed E-state index contributed by atoms with van der Waals surface area (Å²) >= 11 is 12.4. The van der Waals surface area contributed by atoms with Crippen molar-refractivity contribution in [3.8, 4) is 5.75 Å². The van der Waals surface area contributed by atoms with Gasteiger partial charge in [0.1, 0.15) is 22.3 Å².